The lowest BCUT2D eigenvalue weighted by Crippen LogP contribution is -2.37. The minimum atomic E-state index is -0.309. The molecular formula is C39H50N6O2. The van der Waals surface area contributed by atoms with E-state index < -0.39 is 0 Å². The summed E-state index contributed by atoms with van der Waals surface area (Å²) in [5.74, 6) is 1.34. The van der Waals surface area contributed by atoms with Gasteiger partial charge < -0.3 is 10.2 Å². The number of amides is 2. The third-order valence-electron chi connectivity index (χ3n) is 9.10. The third kappa shape index (κ3) is 8.89. The summed E-state index contributed by atoms with van der Waals surface area (Å²) >= 11 is 0. The molecular weight excluding hydrogens is 584 g/mol. The maximum Gasteiger partial charge on any atom is 0.324 e. The van der Waals surface area contributed by atoms with E-state index in [1.807, 2.05) is 54.6 Å². The van der Waals surface area contributed by atoms with E-state index in [9.17, 15) is 9.59 Å². The van der Waals surface area contributed by atoms with Crippen molar-refractivity contribution < 1.29 is 9.59 Å². The Morgan fingerprint density at radius 2 is 1.57 bits per heavy atom. The van der Waals surface area contributed by atoms with Crippen LogP contribution in [0.5, 0.6) is 0 Å². The molecule has 0 spiro atoms. The van der Waals surface area contributed by atoms with E-state index in [2.05, 4.69) is 86.2 Å². The van der Waals surface area contributed by atoms with Crippen molar-refractivity contribution >= 4 is 29.0 Å². The average Bonchev–Trinajstić information content (AvgIpc) is 3.48. The topological polar surface area (TPSA) is 82.5 Å². The summed E-state index contributed by atoms with van der Waals surface area (Å²) in [7, 11) is 0. The maximum atomic E-state index is 13.2. The second-order valence-corrected chi connectivity index (χ2v) is 13.8. The molecule has 248 valence electrons. The van der Waals surface area contributed by atoms with E-state index in [0.29, 0.717) is 18.3 Å². The molecule has 1 aliphatic rings. The predicted octanol–water partition coefficient (Wildman–Crippen LogP) is 8.11. The van der Waals surface area contributed by atoms with Crippen LogP contribution in [0.1, 0.15) is 74.6 Å². The Labute approximate surface area is 280 Å². The van der Waals surface area contributed by atoms with Crippen LogP contribution in [-0.4, -0.2) is 59.2 Å². The molecule has 8 heteroatoms. The molecule has 0 atom stereocenters. The van der Waals surface area contributed by atoms with Crippen LogP contribution in [0.4, 0.5) is 22.0 Å². The van der Waals surface area contributed by atoms with E-state index in [1.165, 1.54) is 5.56 Å². The lowest BCUT2D eigenvalue weighted by molar-refractivity contribution is 0.0895. The fourth-order valence-corrected chi connectivity index (χ4v) is 6.20. The van der Waals surface area contributed by atoms with Gasteiger partial charge in [-0.2, -0.15) is 5.10 Å². The highest BCUT2D eigenvalue weighted by Gasteiger charge is 2.23. The zero-order valence-electron chi connectivity index (χ0n) is 28.8. The van der Waals surface area contributed by atoms with Gasteiger partial charge in [-0.15, -0.1) is 0 Å². The van der Waals surface area contributed by atoms with E-state index in [1.54, 1.807) is 4.68 Å². The third-order valence-corrected chi connectivity index (χ3v) is 9.10. The van der Waals surface area contributed by atoms with Crippen molar-refractivity contribution in [1.82, 2.24) is 14.7 Å². The summed E-state index contributed by atoms with van der Waals surface area (Å²) in [4.78, 5) is 30.7. The molecule has 0 aliphatic carbocycles. The van der Waals surface area contributed by atoms with Gasteiger partial charge in [-0.05, 0) is 113 Å². The van der Waals surface area contributed by atoms with Crippen molar-refractivity contribution in [1.29, 1.82) is 0 Å². The monoisotopic (exact) mass is 634 g/mol. The van der Waals surface area contributed by atoms with Gasteiger partial charge in [0, 0.05) is 41.5 Å². The van der Waals surface area contributed by atoms with Crippen LogP contribution in [0, 0.1) is 12.8 Å². The molecule has 1 saturated heterocycles. The summed E-state index contributed by atoms with van der Waals surface area (Å²) in [6.45, 7) is 16.9. The quantitative estimate of drug-likeness (QED) is 0.163. The number of hydrogen-bond donors (Lipinski definition) is 2. The number of likely N-dealkylation sites (tertiary alicyclic amines) is 1. The maximum absolute atomic E-state index is 13.2. The number of Topliss-reactive ketones (excluding diaryl/α,β-unsaturated/α-hetero) is 1. The Kier molecular flexibility index (Phi) is 10.8. The Morgan fingerprint density at radius 1 is 0.894 bits per heavy atom. The number of rotatable bonds is 11. The molecule has 47 heavy (non-hydrogen) atoms. The molecule has 0 radical (unpaired) electrons. The van der Waals surface area contributed by atoms with Crippen LogP contribution in [0.3, 0.4) is 0 Å². The lowest BCUT2D eigenvalue weighted by atomic mass is 9.90. The van der Waals surface area contributed by atoms with Gasteiger partial charge in [0.05, 0.1) is 17.9 Å². The lowest BCUT2D eigenvalue weighted by Gasteiger charge is -2.31. The molecule has 1 fully saturated rings. The van der Waals surface area contributed by atoms with Crippen LogP contribution in [0.25, 0.3) is 5.69 Å². The van der Waals surface area contributed by atoms with Crippen LogP contribution in [-0.2, 0) is 11.8 Å². The molecule has 4 aromatic rings. The molecule has 0 bridgehead atoms. The minimum absolute atomic E-state index is 0.166. The second kappa shape index (κ2) is 15.0. The highest BCUT2D eigenvalue weighted by atomic mass is 16.2. The Balaban J connectivity index is 1.14. The van der Waals surface area contributed by atoms with Crippen molar-refractivity contribution in [2.45, 2.75) is 66.2 Å². The molecule has 1 aromatic heterocycles. The Morgan fingerprint density at radius 3 is 2.21 bits per heavy atom. The van der Waals surface area contributed by atoms with Gasteiger partial charge in [0.2, 0.25) is 0 Å². The normalized spacial score (nSPS) is 14.2. The highest BCUT2D eigenvalue weighted by molar-refractivity contribution is 5.99. The molecule has 5 rings (SSSR count). The number of aryl methyl sites for hydroxylation is 1. The molecule has 0 unspecified atom stereocenters. The first-order valence-electron chi connectivity index (χ1n) is 17.0. The van der Waals surface area contributed by atoms with Gasteiger partial charge in [0.15, 0.2) is 5.78 Å². The number of nitrogens with one attached hydrogen (secondary N) is 2. The second-order valence-electron chi connectivity index (χ2n) is 13.8. The summed E-state index contributed by atoms with van der Waals surface area (Å²) in [6, 6.07) is 25.9. The number of carbonyl (C=O) groups excluding carboxylic acids is 2. The zero-order chi connectivity index (χ0) is 33.6. The number of anilines is 3. The fourth-order valence-electron chi connectivity index (χ4n) is 6.20. The predicted molar refractivity (Wildman–Crippen MR) is 193 cm³/mol. The molecule has 2 heterocycles. The smallest absolute Gasteiger partial charge is 0.324 e. The fraction of sp³-hybridized carbons (Fsp3) is 0.410. The van der Waals surface area contributed by atoms with Crippen molar-refractivity contribution in [3.63, 3.8) is 0 Å². The number of benzene rings is 3. The van der Waals surface area contributed by atoms with Gasteiger partial charge in [0.1, 0.15) is 5.82 Å². The van der Waals surface area contributed by atoms with E-state index in [4.69, 9.17) is 5.10 Å². The first-order valence-corrected chi connectivity index (χ1v) is 17.0. The first-order chi connectivity index (χ1) is 22.5. The first kappa shape index (κ1) is 33.9. The minimum Gasteiger partial charge on any atom is -0.372 e. The molecule has 2 amide bonds. The number of piperidine rings is 1. The molecule has 8 nitrogen and oxygen atoms in total. The van der Waals surface area contributed by atoms with E-state index in [0.717, 1.165) is 79.3 Å². The van der Waals surface area contributed by atoms with Crippen LogP contribution in [0.2, 0.25) is 0 Å². The van der Waals surface area contributed by atoms with Crippen molar-refractivity contribution in [2.75, 3.05) is 48.3 Å². The number of hydrogen-bond acceptors (Lipinski definition) is 5. The van der Waals surface area contributed by atoms with Gasteiger partial charge in [0.25, 0.3) is 0 Å². The van der Waals surface area contributed by atoms with Crippen LogP contribution in [0.15, 0.2) is 78.9 Å². The summed E-state index contributed by atoms with van der Waals surface area (Å²) < 4.78 is 1.79. The number of ketones is 1. The van der Waals surface area contributed by atoms with Gasteiger partial charge in [-0.3, -0.25) is 15.0 Å². The number of carbonyl (C=O) groups is 2. The average molecular weight is 635 g/mol. The Hall–Kier alpha value is -4.43. The number of aromatic nitrogens is 2. The van der Waals surface area contributed by atoms with Gasteiger partial charge in [-0.25, -0.2) is 9.48 Å². The largest absolute Gasteiger partial charge is 0.372 e. The van der Waals surface area contributed by atoms with Crippen LogP contribution < -0.4 is 15.5 Å². The SMILES string of the molecule is CCN(CC)c1ccc(C(=O)CN2CCC(Cc3cccc(NC(=O)Nc4cc(C(C)(C)C)nn4-c4ccc(C)cc4)c3)CC2)cc1. The number of nitrogens with zero attached hydrogens (tertiary/aromatic N) is 4. The van der Waals surface area contributed by atoms with E-state index in [-0.39, 0.29) is 17.2 Å². The number of urea groups is 1. The van der Waals surface area contributed by atoms with Crippen molar-refractivity contribution in [3.8, 4) is 5.69 Å². The van der Waals surface area contributed by atoms with Crippen molar-refractivity contribution in [3.05, 3.63) is 101 Å². The standard InChI is InChI=1S/C39H50N6O2/c1-7-44(8-2)33-18-14-31(15-19-33)35(46)27-43-22-20-29(21-23-43)24-30-10-9-11-32(25-30)40-38(47)41-37-26-36(39(4,5)6)42-45(37)34-16-12-28(3)13-17-34/h9-19,25-26,29H,7-8,20-24,27H2,1-6H3,(H2,40,41,47). The summed E-state index contributed by atoms with van der Waals surface area (Å²) in [5, 5.41) is 10.9. The highest BCUT2D eigenvalue weighted by Crippen LogP contribution is 2.27. The molecule has 1 aliphatic heterocycles. The molecule has 3 aromatic carbocycles. The van der Waals surface area contributed by atoms with E-state index >= 15 is 0 Å². The van der Waals surface area contributed by atoms with Gasteiger partial charge >= 0.3 is 6.03 Å². The molecule has 0 saturated carbocycles. The molecule has 2 N–H and O–H groups in total. The summed E-state index contributed by atoms with van der Waals surface area (Å²) in [5.41, 5.74) is 6.69. The van der Waals surface area contributed by atoms with Crippen LogP contribution >= 0.6 is 0 Å². The van der Waals surface area contributed by atoms with Gasteiger partial charge in [-0.1, -0.05) is 50.6 Å². The zero-order valence-corrected chi connectivity index (χ0v) is 28.8. The van der Waals surface area contributed by atoms with Crippen molar-refractivity contribution in [2.24, 2.45) is 5.92 Å². The Bertz CT molecular complexity index is 1640. The summed E-state index contributed by atoms with van der Waals surface area (Å²) in [6.07, 6.45) is 3.04.